The summed E-state index contributed by atoms with van der Waals surface area (Å²) >= 11 is 0. The van der Waals surface area contributed by atoms with Gasteiger partial charge in [-0.3, -0.25) is 15.0 Å². The molecule has 0 fully saturated rings. The lowest BCUT2D eigenvalue weighted by Gasteiger charge is -2.31. The normalized spacial score (nSPS) is 13.2. The molecule has 0 saturated carbocycles. The van der Waals surface area contributed by atoms with E-state index < -0.39 is 6.10 Å². The van der Waals surface area contributed by atoms with Crippen molar-refractivity contribution in [1.29, 1.82) is 0 Å². The summed E-state index contributed by atoms with van der Waals surface area (Å²) in [4.78, 5) is 12.7. The van der Waals surface area contributed by atoms with Crippen molar-refractivity contribution in [2.45, 2.75) is 32.0 Å². The number of nitro groups is 1. The Morgan fingerprint density at radius 1 is 0.897 bits per heavy atom. The highest BCUT2D eigenvalue weighted by Crippen LogP contribution is 2.20. The first-order chi connectivity index (χ1) is 14.0. The fourth-order valence-corrected chi connectivity index (χ4v) is 3.44. The van der Waals surface area contributed by atoms with E-state index in [0.29, 0.717) is 6.54 Å². The maximum Gasteiger partial charge on any atom is 0.269 e. The van der Waals surface area contributed by atoms with E-state index >= 15 is 0 Å². The Balaban J connectivity index is 1.74. The van der Waals surface area contributed by atoms with Gasteiger partial charge < -0.3 is 5.11 Å². The van der Waals surface area contributed by atoms with Crippen molar-refractivity contribution < 1.29 is 10.0 Å². The van der Waals surface area contributed by atoms with Gasteiger partial charge in [0, 0.05) is 31.3 Å². The Labute approximate surface area is 171 Å². The van der Waals surface area contributed by atoms with Crippen LogP contribution in [0.3, 0.4) is 0 Å². The Hall–Kier alpha value is -3.02. The van der Waals surface area contributed by atoms with Gasteiger partial charge in [-0.15, -0.1) is 0 Å². The van der Waals surface area contributed by atoms with Crippen molar-refractivity contribution >= 4 is 5.69 Å². The van der Waals surface area contributed by atoms with Gasteiger partial charge in [-0.2, -0.15) is 0 Å². The van der Waals surface area contributed by atoms with Crippen LogP contribution in [0.15, 0.2) is 84.9 Å². The zero-order valence-corrected chi connectivity index (χ0v) is 16.5. The molecule has 3 rings (SSSR count). The molecule has 5 heteroatoms. The highest BCUT2D eigenvalue weighted by Gasteiger charge is 2.20. The van der Waals surface area contributed by atoms with Gasteiger partial charge in [0.25, 0.3) is 5.69 Å². The van der Waals surface area contributed by atoms with E-state index in [1.807, 2.05) is 60.7 Å². The first kappa shape index (κ1) is 20.7. The van der Waals surface area contributed by atoms with Gasteiger partial charge in [-0.05, 0) is 30.0 Å². The van der Waals surface area contributed by atoms with Crippen LogP contribution in [0.25, 0.3) is 0 Å². The third-order valence-corrected chi connectivity index (χ3v) is 5.12. The average molecular weight is 390 g/mol. The van der Waals surface area contributed by atoms with Gasteiger partial charge in [0.1, 0.15) is 0 Å². The van der Waals surface area contributed by atoms with Crippen molar-refractivity contribution in [3.63, 3.8) is 0 Å². The Morgan fingerprint density at radius 2 is 1.48 bits per heavy atom. The summed E-state index contributed by atoms with van der Waals surface area (Å²) in [6.07, 6.45) is 0.158. The monoisotopic (exact) mass is 390 g/mol. The molecule has 0 aromatic heterocycles. The molecule has 0 heterocycles. The first-order valence-electron chi connectivity index (χ1n) is 9.77. The summed E-state index contributed by atoms with van der Waals surface area (Å²) in [5.41, 5.74) is 3.22. The first-order valence-corrected chi connectivity index (χ1v) is 9.77. The maximum absolute atomic E-state index is 10.9. The standard InChI is InChI=1S/C24H26N2O3/c1-19(16-20-12-14-23(15-13-20)26(28)29)25(17-21-8-4-2-5-9-21)18-24(27)22-10-6-3-7-11-22/h2-15,19,24,27H,16-18H2,1H3/t19-,24-/m0/s1. The largest absolute Gasteiger partial charge is 0.387 e. The van der Waals surface area contributed by atoms with E-state index in [1.54, 1.807) is 12.1 Å². The van der Waals surface area contributed by atoms with E-state index in [0.717, 1.165) is 24.1 Å². The molecule has 5 nitrogen and oxygen atoms in total. The Kier molecular flexibility index (Phi) is 7.11. The summed E-state index contributed by atoms with van der Waals surface area (Å²) in [5.74, 6) is 0. The molecule has 3 aromatic rings. The molecule has 29 heavy (non-hydrogen) atoms. The summed E-state index contributed by atoms with van der Waals surface area (Å²) in [6.45, 7) is 3.36. The molecule has 0 aliphatic heterocycles. The quantitative estimate of drug-likeness (QED) is 0.422. The van der Waals surface area contributed by atoms with Gasteiger partial charge in [-0.1, -0.05) is 72.8 Å². The highest BCUT2D eigenvalue weighted by molar-refractivity contribution is 5.33. The van der Waals surface area contributed by atoms with Gasteiger partial charge in [0.05, 0.1) is 11.0 Å². The molecular formula is C24H26N2O3. The number of benzene rings is 3. The minimum Gasteiger partial charge on any atom is -0.387 e. The average Bonchev–Trinajstić information content (AvgIpc) is 2.75. The summed E-state index contributed by atoms with van der Waals surface area (Å²) < 4.78 is 0. The number of rotatable bonds is 9. The van der Waals surface area contributed by atoms with Crippen LogP contribution in [-0.4, -0.2) is 27.5 Å². The van der Waals surface area contributed by atoms with Crippen LogP contribution in [-0.2, 0) is 13.0 Å². The number of hydrogen-bond acceptors (Lipinski definition) is 4. The lowest BCUT2D eigenvalue weighted by Crippen LogP contribution is -2.37. The number of aliphatic hydroxyl groups excluding tert-OH is 1. The molecule has 3 aromatic carbocycles. The van der Waals surface area contributed by atoms with Crippen LogP contribution in [0.5, 0.6) is 0 Å². The predicted molar refractivity (Wildman–Crippen MR) is 115 cm³/mol. The number of nitrogens with zero attached hydrogens (tertiary/aromatic N) is 2. The molecule has 0 bridgehead atoms. The van der Waals surface area contributed by atoms with Crippen LogP contribution >= 0.6 is 0 Å². The Bertz CT molecular complexity index is 898. The third-order valence-electron chi connectivity index (χ3n) is 5.12. The minimum absolute atomic E-state index is 0.0991. The van der Waals surface area contributed by atoms with Crippen molar-refractivity contribution in [2.75, 3.05) is 6.54 Å². The number of aliphatic hydroxyl groups is 1. The van der Waals surface area contributed by atoms with Gasteiger partial charge in [0.15, 0.2) is 0 Å². The lowest BCUT2D eigenvalue weighted by atomic mass is 10.0. The Morgan fingerprint density at radius 3 is 2.07 bits per heavy atom. The fourth-order valence-electron chi connectivity index (χ4n) is 3.44. The second-order valence-electron chi connectivity index (χ2n) is 7.32. The van der Waals surface area contributed by atoms with E-state index in [9.17, 15) is 15.2 Å². The van der Waals surface area contributed by atoms with Crippen LogP contribution < -0.4 is 0 Å². The van der Waals surface area contributed by atoms with E-state index in [2.05, 4.69) is 24.0 Å². The van der Waals surface area contributed by atoms with E-state index in [-0.39, 0.29) is 16.7 Å². The van der Waals surface area contributed by atoms with Crippen LogP contribution in [0, 0.1) is 10.1 Å². The maximum atomic E-state index is 10.9. The van der Waals surface area contributed by atoms with E-state index in [1.165, 1.54) is 5.56 Å². The second-order valence-corrected chi connectivity index (χ2v) is 7.32. The molecule has 0 amide bonds. The zero-order valence-electron chi connectivity index (χ0n) is 16.5. The summed E-state index contributed by atoms with van der Waals surface area (Å²) in [7, 11) is 0. The van der Waals surface area contributed by atoms with Crippen molar-refractivity contribution in [2.24, 2.45) is 0 Å². The van der Waals surface area contributed by atoms with Crippen LogP contribution in [0.1, 0.15) is 29.7 Å². The van der Waals surface area contributed by atoms with Crippen LogP contribution in [0.4, 0.5) is 5.69 Å². The summed E-state index contributed by atoms with van der Waals surface area (Å²) in [5, 5.41) is 21.6. The highest BCUT2D eigenvalue weighted by atomic mass is 16.6. The van der Waals surface area contributed by atoms with Crippen molar-refractivity contribution in [1.82, 2.24) is 4.90 Å². The smallest absolute Gasteiger partial charge is 0.269 e. The molecule has 0 radical (unpaired) electrons. The number of nitro benzene ring substituents is 1. The second kappa shape index (κ2) is 9.96. The minimum atomic E-state index is -0.584. The molecule has 150 valence electrons. The van der Waals surface area contributed by atoms with Gasteiger partial charge in [-0.25, -0.2) is 0 Å². The number of hydrogen-bond donors (Lipinski definition) is 1. The molecule has 1 N–H and O–H groups in total. The lowest BCUT2D eigenvalue weighted by molar-refractivity contribution is -0.384. The zero-order chi connectivity index (χ0) is 20.6. The van der Waals surface area contributed by atoms with Crippen LogP contribution in [0.2, 0.25) is 0 Å². The van der Waals surface area contributed by atoms with Gasteiger partial charge in [0.2, 0.25) is 0 Å². The topological polar surface area (TPSA) is 66.6 Å². The van der Waals surface area contributed by atoms with Crippen molar-refractivity contribution in [3.05, 3.63) is 112 Å². The summed E-state index contributed by atoms with van der Waals surface area (Å²) in [6, 6.07) is 26.7. The predicted octanol–water partition coefficient (Wildman–Crippen LogP) is 4.76. The number of non-ortho nitro benzene ring substituents is 1. The van der Waals surface area contributed by atoms with Gasteiger partial charge >= 0.3 is 0 Å². The van der Waals surface area contributed by atoms with E-state index in [4.69, 9.17) is 0 Å². The fraction of sp³-hybridized carbons (Fsp3) is 0.250. The molecule has 0 aliphatic carbocycles. The molecule has 0 aliphatic rings. The SMILES string of the molecule is C[C@@H](Cc1ccc([N+](=O)[O-])cc1)N(Cc1ccccc1)C[C@H](O)c1ccccc1. The molecular weight excluding hydrogens is 364 g/mol. The molecule has 2 atom stereocenters. The van der Waals surface area contributed by atoms with Crippen molar-refractivity contribution in [3.8, 4) is 0 Å². The third kappa shape index (κ3) is 5.98. The molecule has 0 spiro atoms. The molecule has 0 unspecified atom stereocenters. The molecule has 0 saturated heterocycles.